The number of likely N-dealkylation sites (N-methyl/N-ethyl adjacent to an activating group) is 1. The number of hydrogen-bond acceptors (Lipinski definition) is 4. The number of benzene rings is 1. The van der Waals surface area contributed by atoms with Crippen LogP contribution in [-0.4, -0.2) is 49.9 Å². The summed E-state index contributed by atoms with van der Waals surface area (Å²) in [5.74, 6) is -0.0603. The molecule has 0 saturated carbocycles. The van der Waals surface area contributed by atoms with Crippen molar-refractivity contribution in [1.29, 1.82) is 0 Å². The first-order chi connectivity index (χ1) is 9.56. The molecule has 6 heteroatoms. The monoisotopic (exact) mass is 276 g/mol. The minimum absolute atomic E-state index is 0.0227. The average Bonchev–Trinajstić information content (AvgIpc) is 2.63. The van der Waals surface area contributed by atoms with Crippen LogP contribution in [0.2, 0.25) is 0 Å². The molecule has 1 aromatic carbocycles. The quantitative estimate of drug-likeness (QED) is 0.765. The molecule has 108 valence electrons. The number of nitrogens with two attached hydrogens (primary N) is 1. The first-order valence-electron chi connectivity index (χ1n) is 6.67. The lowest BCUT2D eigenvalue weighted by Gasteiger charge is -2.23. The van der Waals surface area contributed by atoms with Gasteiger partial charge >= 0.3 is 0 Å². The van der Waals surface area contributed by atoms with Gasteiger partial charge in [-0.05, 0) is 30.7 Å². The van der Waals surface area contributed by atoms with E-state index in [4.69, 9.17) is 5.73 Å². The molecule has 0 aromatic heterocycles. The Bertz CT molecular complexity index is 486. The van der Waals surface area contributed by atoms with E-state index in [1.54, 1.807) is 24.1 Å². The van der Waals surface area contributed by atoms with E-state index >= 15 is 0 Å². The lowest BCUT2D eigenvalue weighted by atomic mass is 10.2. The van der Waals surface area contributed by atoms with Gasteiger partial charge in [0.1, 0.15) is 0 Å². The van der Waals surface area contributed by atoms with Crippen LogP contribution in [0.1, 0.15) is 6.42 Å². The van der Waals surface area contributed by atoms with E-state index in [0.717, 1.165) is 18.7 Å². The van der Waals surface area contributed by atoms with Crippen molar-refractivity contribution in [3.05, 3.63) is 24.3 Å². The zero-order valence-corrected chi connectivity index (χ0v) is 11.6. The van der Waals surface area contributed by atoms with E-state index in [2.05, 4.69) is 5.32 Å². The van der Waals surface area contributed by atoms with E-state index in [1.165, 1.54) is 0 Å². The van der Waals surface area contributed by atoms with Crippen LogP contribution in [0.3, 0.4) is 0 Å². The highest BCUT2D eigenvalue weighted by molar-refractivity contribution is 5.94. The Kier molecular flexibility index (Phi) is 4.57. The summed E-state index contributed by atoms with van der Waals surface area (Å²) in [7, 11) is 1.73. The number of rotatable bonds is 3. The fourth-order valence-corrected chi connectivity index (χ4v) is 2.14. The van der Waals surface area contributed by atoms with Crippen molar-refractivity contribution in [2.45, 2.75) is 6.42 Å². The summed E-state index contributed by atoms with van der Waals surface area (Å²) in [6.07, 6.45) is 0.866. The number of anilines is 2. The van der Waals surface area contributed by atoms with Crippen molar-refractivity contribution in [3.63, 3.8) is 0 Å². The number of carbonyl (C=O) groups is 2. The Balaban J connectivity index is 1.96. The standard InChI is InChI=1S/C14H20N4O2/c1-17(12-5-3-11(15)4-6-12)14(20)10-18-8-2-7-16-13(19)9-18/h3-6H,2,7-10,15H2,1H3,(H,16,19). The summed E-state index contributed by atoms with van der Waals surface area (Å²) >= 11 is 0. The smallest absolute Gasteiger partial charge is 0.240 e. The predicted molar refractivity (Wildman–Crippen MR) is 78.3 cm³/mol. The van der Waals surface area contributed by atoms with Crippen LogP contribution in [0.25, 0.3) is 0 Å². The van der Waals surface area contributed by atoms with Crippen molar-refractivity contribution in [3.8, 4) is 0 Å². The molecule has 2 amide bonds. The molecule has 0 unspecified atom stereocenters. The van der Waals surface area contributed by atoms with Gasteiger partial charge in [0.05, 0.1) is 13.1 Å². The molecule has 1 aliphatic heterocycles. The third-order valence-electron chi connectivity index (χ3n) is 3.35. The van der Waals surface area contributed by atoms with E-state index in [9.17, 15) is 9.59 Å². The molecular formula is C14H20N4O2. The maximum Gasteiger partial charge on any atom is 0.240 e. The Labute approximate surface area is 118 Å². The normalized spacial score (nSPS) is 16.4. The number of nitrogens with one attached hydrogen (secondary N) is 1. The molecule has 2 rings (SSSR count). The Hall–Kier alpha value is -2.08. The summed E-state index contributed by atoms with van der Waals surface area (Å²) in [5, 5.41) is 2.80. The molecule has 3 N–H and O–H groups in total. The molecule has 1 aliphatic rings. The third kappa shape index (κ3) is 3.71. The van der Waals surface area contributed by atoms with Gasteiger partial charge in [0, 0.05) is 31.5 Å². The van der Waals surface area contributed by atoms with E-state index in [1.807, 2.05) is 17.0 Å². The van der Waals surface area contributed by atoms with Crippen LogP contribution in [0.5, 0.6) is 0 Å². The average molecular weight is 276 g/mol. The zero-order chi connectivity index (χ0) is 14.5. The van der Waals surface area contributed by atoms with Crippen molar-refractivity contribution in [2.24, 2.45) is 0 Å². The van der Waals surface area contributed by atoms with Crippen molar-refractivity contribution in [2.75, 3.05) is 43.9 Å². The third-order valence-corrected chi connectivity index (χ3v) is 3.35. The molecule has 0 spiro atoms. The first-order valence-corrected chi connectivity index (χ1v) is 6.67. The maximum atomic E-state index is 12.2. The van der Waals surface area contributed by atoms with Gasteiger partial charge in [-0.3, -0.25) is 14.5 Å². The van der Waals surface area contributed by atoms with E-state index in [0.29, 0.717) is 12.2 Å². The molecule has 1 fully saturated rings. The Morgan fingerprint density at radius 3 is 2.80 bits per heavy atom. The molecular weight excluding hydrogens is 256 g/mol. The van der Waals surface area contributed by atoms with Crippen LogP contribution >= 0.6 is 0 Å². The summed E-state index contributed by atoms with van der Waals surface area (Å²) < 4.78 is 0. The van der Waals surface area contributed by atoms with Crippen molar-refractivity contribution < 1.29 is 9.59 Å². The molecule has 20 heavy (non-hydrogen) atoms. The van der Waals surface area contributed by atoms with Crippen LogP contribution < -0.4 is 16.0 Å². The second kappa shape index (κ2) is 6.38. The summed E-state index contributed by atoms with van der Waals surface area (Å²) in [6.45, 7) is 1.95. The molecule has 1 aromatic rings. The summed E-state index contributed by atoms with van der Waals surface area (Å²) in [5.41, 5.74) is 7.09. The highest BCUT2D eigenvalue weighted by Gasteiger charge is 2.19. The number of amides is 2. The lowest BCUT2D eigenvalue weighted by Crippen LogP contribution is -2.41. The SMILES string of the molecule is CN(C(=O)CN1CCCNC(=O)C1)c1ccc(N)cc1. The molecule has 0 radical (unpaired) electrons. The van der Waals surface area contributed by atoms with Crippen molar-refractivity contribution in [1.82, 2.24) is 10.2 Å². The van der Waals surface area contributed by atoms with E-state index < -0.39 is 0 Å². The summed E-state index contributed by atoms with van der Waals surface area (Å²) in [4.78, 5) is 27.2. The molecule has 0 aliphatic carbocycles. The summed E-state index contributed by atoms with van der Waals surface area (Å²) in [6, 6.07) is 7.14. The zero-order valence-electron chi connectivity index (χ0n) is 11.6. The van der Waals surface area contributed by atoms with Gasteiger partial charge in [0.25, 0.3) is 0 Å². The Morgan fingerprint density at radius 2 is 2.10 bits per heavy atom. The van der Waals surface area contributed by atoms with Crippen LogP contribution in [0.15, 0.2) is 24.3 Å². The second-order valence-electron chi connectivity index (χ2n) is 4.96. The number of hydrogen-bond donors (Lipinski definition) is 2. The highest BCUT2D eigenvalue weighted by Crippen LogP contribution is 2.15. The molecule has 1 saturated heterocycles. The number of nitrogen functional groups attached to an aromatic ring is 1. The molecule has 6 nitrogen and oxygen atoms in total. The topological polar surface area (TPSA) is 78.7 Å². The van der Waals surface area contributed by atoms with Crippen LogP contribution in [0.4, 0.5) is 11.4 Å². The number of carbonyl (C=O) groups excluding carboxylic acids is 2. The molecule has 0 atom stereocenters. The predicted octanol–water partition coefficient (Wildman–Crippen LogP) is 0.0535. The van der Waals surface area contributed by atoms with Gasteiger partial charge in [0.15, 0.2) is 0 Å². The highest BCUT2D eigenvalue weighted by atomic mass is 16.2. The van der Waals surface area contributed by atoms with Gasteiger partial charge in [-0.2, -0.15) is 0 Å². The minimum Gasteiger partial charge on any atom is -0.399 e. The molecule has 1 heterocycles. The van der Waals surface area contributed by atoms with Gasteiger partial charge in [-0.25, -0.2) is 0 Å². The van der Waals surface area contributed by atoms with Crippen molar-refractivity contribution >= 4 is 23.2 Å². The lowest BCUT2D eigenvalue weighted by molar-refractivity contribution is -0.123. The van der Waals surface area contributed by atoms with E-state index in [-0.39, 0.29) is 24.9 Å². The van der Waals surface area contributed by atoms with Crippen LogP contribution in [0, 0.1) is 0 Å². The first kappa shape index (κ1) is 14.3. The fraction of sp³-hybridized carbons (Fsp3) is 0.429. The van der Waals surface area contributed by atoms with Crippen LogP contribution in [-0.2, 0) is 9.59 Å². The molecule has 0 bridgehead atoms. The van der Waals surface area contributed by atoms with Gasteiger partial charge in [0.2, 0.25) is 11.8 Å². The largest absolute Gasteiger partial charge is 0.399 e. The van der Waals surface area contributed by atoms with Gasteiger partial charge in [-0.1, -0.05) is 0 Å². The van der Waals surface area contributed by atoms with Gasteiger partial charge < -0.3 is 16.0 Å². The fourth-order valence-electron chi connectivity index (χ4n) is 2.14. The Morgan fingerprint density at radius 1 is 1.40 bits per heavy atom. The van der Waals surface area contributed by atoms with Gasteiger partial charge in [-0.15, -0.1) is 0 Å². The minimum atomic E-state index is -0.0375. The maximum absolute atomic E-state index is 12.2. The number of nitrogens with zero attached hydrogens (tertiary/aromatic N) is 2. The second-order valence-corrected chi connectivity index (χ2v) is 4.96.